The average Bonchev–Trinajstić information content (AvgIpc) is 3.40. The van der Waals surface area contributed by atoms with E-state index in [-0.39, 0.29) is 29.3 Å². The van der Waals surface area contributed by atoms with Crippen LogP contribution in [-0.4, -0.2) is 41.0 Å². The minimum atomic E-state index is -3.74. The standard InChI is InChI=1S/C23H22F2N2O4S/c1-13-23(20-9-16(25)4-7-21(20)26(13)12-22(28)29)19-10-17-8-14(19)11-27(17)32(30,31)18-5-2-15(24)3-6-18/h2-7,9,14,17,19H,8,10-12H2,1H3,(H,28,29). The Kier molecular flexibility index (Phi) is 4.86. The predicted octanol–water partition coefficient (Wildman–Crippen LogP) is 3.88. The molecular formula is C23H22F2N2O4S. The lowest BCUT2D eigenvalue weighted by Crippen LogP contribution is -2.39. The summed E-state index contributed by atoms with van der Waals surface area (Å²) in [7, 11) is -3.74. The molecule has 1 saturated carbocycles. The average molecular weight is 461 g/mol. The number of carbonyl (C=O) groups is 1. The molecule has 1 saturated heterocycles. The maximum Gasteiger partial charge on any atom is 0.323 e. The molecule has 1 aromatic heterocycles. The SMILES string of the molecule is Cc1c(C2CC3CC2CN3S(=O)(=O)c2ccc(F)cc2)c2cc(F)ccc2n1CC(=O)O. The first kappa shape index (κ1) is 21.1. The van der Waals surface area contributed by atoms with Crippen LogP contribution in [-0.2, 0) is 21.4 Å². The van der Waals surface area contributed by atoms with Gasteiger partial charge in [0.1, 0.15) is 18.2 Å². The zero-order valence-corrected chi connectivity index (χ0v) is 18.1. The molecule has 1 aliphatic heterocycles. The van der Waals surface area contributed by atoms with Crippen molar-refractivity contribution < 1.29 is 27.1 Å². The van der Waals surface area contributed by atoms with Gasteiger partial charge in [-0.25, -0.2) is 17.2 Å². The van der Waals surface area contributed by atoms with Gasteiger partial charge in [-0.2, -0.15) is 4.31 Å². The number of aliphatic carboxylic acids is 1. The van der Waals surface area contributed by atoms with E-state index in [1.807, 2.05) is 6.92 Å². The summed E-state index contributed by atoms with van der Waals surface area (Å²) in [6.07, 6.45) is 1.26. The quantitative estimate of drug-likeness (QED) is 0.627. The van der Waals surface area contributed by atoms with E-state index in [1.165, 1.54) is 28.6 Å². The van der Waals surface area contributed by atoms with E-state index in [2.05, 4.69) is 0 Å². The third kappa shape index (κ3) is 3.22. The molecule has 32 heavy (non-hydrogen) atoms. The van der Waals surface area contributed by atoms with Crippen LogP contribution < -0.4 is 0 Å². The van der Waals surface area contributed by atoms with Crippen molar-refractivity contribution in [3.8, 4) is 0 Å². The highest BCUT2D eigenvalue weighted by Crippen LogP contribution is 2.51. The third-order valence-corrected chi connectivity index (χ3v) is 8.84. The van der Waals surface area contributed by atoms with E-state index in [4.69, 9.17) is 0 Å². The molecule has 0 spiro atoms. The lowest BCUT2D eigenvalue weighted by atomic mass is 9.86. The number of rotatable bonds is 5. The Morgan fingerprint density at radius 2 is 1.78 bits per heavy atom. The minimum Gasteiger partial charge on any atom is -0.480 e. The number of fused-ring (bicyclic) bond motifs is 3. The van der Waals surface area contributed by atoms with Crippen molar-refractivity contribution >= 4 is 26.9 Å². The van der Waals surface area contributed by atoms with Gasteiger partial charge in [-0.3, -0.25) is 4.79 Å². The van der Waals surface area contributed by atoms with Gasteiger partial charge in [0, 0.05) is 29.2 Å². The number of piperidine rings is 1. The Hall–Kier alpha value is -2.78. The normalized spacial score (nSPS) is 23.3. The first-order chi connectivity index (χ1) is 15.2. The number of carboxylic acid groups (broad SMARTS) is 1. The second kappa shape index (κ2) is 7.38. The molecule has 6 nitrogen and oxygen atoms in total. The Bertz CT molecular complexity index is 1330. The second-order valence-corrected chi connectivity index (χ2v) is 10.6. The van der Waals surface area contributed by atoms with Crippen LogP contribution in [0.2, 0.25) is 0 Å². The molecule has 2 bridgehead atoms. The van der Waals surface area contributed by atoms with E-state index < -0.39 is 27.6 Å². The number of sulfonamides is 1. The first-order valence-electron chi connectivity index (χ1n) is 10.4. The molecule has 0 radical (unpaired) electrons. The fraction of sp³-hybridized carbons (Fsp3) is 0.348. The maximum absolute atomic E-state index is 14.1. The number of hydrogen-bond donors (Lipinski definition) is 1. The van der Waals surface area contributed by atoms with Gasteiger partial charge in [0.25, 0.3) is 0 Å². The van der Waals surface area contributed by atoms with Gasteiger partial charge in [-0.1, -0.05) is 0 Å². The number of aromatic nitrogens is 1. The van der Waals surface area contributed by atoms with E-state index in [9.17, 15) is 27.1 Å². The summed E-state index contributed by atoms with van der Waals surface area (Å²) in [6.45, 7) is 1.95. The van der Waals surface area contributed by atoms with Gasteiger partial charge >= 0.3 is 5.97 Å². The number of benzene rings is 2. The van der Waals surface area contributed by atoms with Crippen LogP contribution >= 0.6 is 0 Å². The Morgan fingerprint density at radius 1 is 1.09 bits per heavy atom. The molecule has 5 rings (SSSR count). The summed E-state index contributed by atoms with van der Waals surface area (Å²) in [5.41, 5.74) is 2.35. The molecule has 3 aromatic rings. The van der Waals surface area contributed by atoms with E-state index in [0.29, 0.717) is 30.3 Å². The van der Waals surface area contributed by atoms with Crippen LogP contribution in [0.3, 0.4) is 0 Å². The molecule has 9 heteroatoms. The Morgan fingerprint density at radius 3 is 2.41 bits per heavy atom. The van der Waals surface area contributed by atoms with E-state index in [1.54, 1.807) is 10.6 Å². The van der Waals surface area contributed by atoms with Gasteiger partial charge in [-0.15, -0.1) is 0 Å². The summed E-state index contributed by atoms with van der Waals surface area (Å²) in [5.74, 6) is -1.81. The topological polar surface area (TPSA) is 79.6 Å². The largest absolute Gasteiger partial charge is 0.480 e. The van der Waals surface area contributed by atoms with Crippen LogP contribution in [0.25, 0.3) is 10.9 Å². The van der Waals surface area contributed by atoms with E-state index in [0.717, 1.165) is 23.4 Å². The van der Waals surface area contributed by atoms with Crippen molar-refractivity contribution in [1.82, 2.24) is 8.87 Å². The van der Waals surface area contributed by atoms with Gasteiger partial charge < -0.3 is 9.67 Å². The lowest BCUT2D eigenvalue weighted by Gasteiger charge is -2.31. The number of hydrogen-bond acceptors (Lipinski definition) is 3. The fourth-order valence-corrected chi connectivity index (χ4v) is 7.29. The zero-order chi connectivity index (χ0) is 22.8. The number of halogens is 2. The molecule has 3 unspecified atom stereocenters. The second-order valence-electron chi connectivity index (χ2n) is 8.66. The molecule has 2 fully saturated rings. The van der Waals surface area contributed by atoms with Crippen molar-refractivity contribution in [2.75, 3.05) is 6.54 Å². The Balaban J connectivity index is 1.50. The van der Waals surface area contributed by atoms with Crippen molar-refractivity contribution in [3.63, 3.8) is 0 Å². The van der Waals surface area contributed by atoms with Crippen LogP contribution in [0.15, 0.2) is 47.4 Å². The zero-order valence-electron chi connectivity index (χ0n) is 17.3. The van der Waals surface area contributed by atoms with Crippen LogP contribution in [0, 0.1) is 24.5 Å². The maximum atomic E-state index is 14.1. The summed E-state index contributed by atoms with van der Waals surface area (Å²) < 4.78 is 56.7. The third-order valence-electron chi connectivity index (χ3n) is 6.91. The molecule has 2 aliphatic rings. The molecule has 2 heterocycles. The van der Waals surface area contributed by atoms with Gasteiger partial charge in [0.15, 0.2) is 0 Å². The first-order valence-corrected chi connectivity index (χ1v) is 11.9. The highest BCUT2D eigenvalue weighted by Gasteiger charge is 2.50. The van der Waals surface area contributed by atoms with Crippen molar-refractivity contribution in [1.29, 1.82) is 0 Å². The van der Waals surface area contributed by atoms with Gasteiger partial charge in [-0.05, 0) is 79.6 Å². The molecule has 0 amide bonds. The molecule has 1 aliphatic carbocycles. The molecule has 168 valence electrons. The number of carboxylic acids is 1. The summed E-state index contributed by atoms with van der Waals surface area (Å²) >= 11 is 0. The van der Waals surface area contributed by atoms with Crippen LogP contribution in [0.5, 0.6) is 0 Å². The van der Waals surface area contributed by atoms with Crippen molar-refractivity contribution in [2.45, 2.75) is 43.2 Å². The van der Waals surface area contributed by atoms with E-state index >= 15 is 0 Å². The highest BCUT2D eigenvalue weighted by atomic mass is 32.2. The molecule has 1 N–H and O–H groups in total. The smallest absolute Gasteiger partial charge is 0.323 e. The van der Waals surface area contributed by atoms with Gasteiger partial charge in [0.2, 0.25) is 10.0 Å². The van der Waals surface area contributed by atoms with Gasteiger partial charge in [0.05, 0.1) is 4.90 Å². The van der Waals surface area contributed by atoms with Crippen LogP contribution in [0.4, 0.5) is 8.78 Å². The van der Waals surface area contributed by atoms with Crippen LogP contribution in [0.1, 0.15) is 30.0 Å². The fourth-order valence-electron chi connectivity index (χ4n) is 5.59. The Labute approximate surface area is 184 Å². The molecular weight excluding hydrogens is 438 g/mol. The molecule has 2 aromatic carbocycles. The summed E-state index contributed by atoms with van der Waals surface area (Å²) in [5, 5.41) is 10.0. The summed E-state index contributed by atoms with van der Waals surface area (Å²) in [4.78, 5) is 11.5. The lowest BCUT2D eigenvalue weighted by molar-refractivity contribution is -0.137. The highest BCUT2D eigenvalue weighted by molar-refractivity contribution is 7.89. The molecule has 3 atom stereocenters. The summed E-state index contributed by atoms with van der Waals surface area (Å²) in [6, 6.07) is 8.99. The number of nitrogens with zero attached hydrogens (tertiary/aromatic N) is 2. The van der Waals surface area contributed by atoms with Crippen molar-refractivity contribution in [3.05, 3.63) is 65.4 Å². The monoisotopic (exact) mass is 460 g/mol. The van der Waals surface area contributed by atoms with Crippen molar-refractivity contribution in [2.24, 2.45) is 5.92 Å². The minimum absolute atomic E-state index is 0.0130. The predicted molar refractivity (Wildman–Crippen MR) is 114 cm³/mol.